The van der Waals surface area contributed by atoms with Crippen LogP contribution >= 0.6 is 0 Å². The first kappa shape index (κ1) is 12.8. The molecule has 0 bridgehead atoms. The Hall–Kier alpha value is -1.30. The minimum Gasteiger partial charge on any atom is -0.490 e. The summed E-state index contributed by atoms with van der Waals surface area (Å²) in [5.41, 5.74) is 4.07. The molecular weight excluding hydrogens is 226 g/mol. The minimum absolute atomic E-state index is 0.284. The standard InChI is InChI=1S/C10H11F4NO/c11-7(5-15)6-16-9-4-2-1-3-8(9)10(12,13)14/h1-4,7H,5-6,15H2. The molecule has 0 saturated carbocycles. The predicted octanol–water partition coefficient (Wildman–Crippen LogP) is 2.38. The van der Waals surface area contributed by atoms with E-state index >= 15 is 0 Å². The summed E-state index contributed by atoms with van der Waals surface area (Å²) in [5.74, 6) is -0.383. The molecule has 0 aliphatic rings. The number of benzene rings is 1. The van der Waals surface area contributed by atoms with E-state index in [1.807, 2.05) is 0 Å². The molecule has 90 valence electrons. The second-order valence-electron chi connectivity index (χ2n) is 3.14. The Morgan fingerprint density at radius 1 is 1.25 bits per heavy atom. The molecule has 0 radical (unpaired) electrons. The number of rotatable bonds is 4. The highest BCUT2D eigenvalue weighted by molar-refractivity contribution is 5.35. The van der Waals surface area contributed by atoms with Crippen molar-refractivity contribution in [3.8, 4) is 5.75 Å². The summed E-state index contributed by atoms with van der Waals surface area (Å²) in [6.07, 6.45) is -5.98. The smallest absolute Gasteiger partial charge is 0.419 e. The van der Waals surface area contributed by atoms with Gasteiger partial charge in [-0.2, -0.15) is 13.2 Å². The van der Waals surface area contributed by atoms with E-state index in [1.54, 1.807) is 0 Å². The molecule has 2 N–H and O–H groups in total. The van der Waals surface area contributed by atoms with E-state index in [-0.39, 0.29) is 12.3 Å². The highest BCUT2D eigenvalue weighted by Crippen LogP contribution is 2.35. The Labute approximate surface area is 90.0 Å². The van der Waals surface area contributed by atoms with Crippen LogP contribution in [0.2, 0.25) is 0 Å². The van der Waals surface area contributed by atoms with E-state index < -0.39 is 24.5 Å². The van der Waals surface area contributed by atoms with E-state index in [9.17, 15) is 17.6 Å². The Morgan fingerprint density at radius 2 is 1.88 bits per heavy atom. The quantitative estimate of drug-likeness (QED) is 0.816. The van der Waals surface area contributed by atoms with Crippen molar-refractivity contribution in [1.82, 2.24) is 0 Å². The SMILES string of the molecule is NCC(F)COc1ccccc1C(F)(F)F. The van der Waals surface area contributed by atoms with Crippen LogP contribution in [0.4, 0.5) is 17.6 Å². The van der Waals surface area contributed by atoms with E-state index in [0.29, 0.717) is 0 Å². The Kier molecular flexibility index (Phi) is 4.12. The van der Waals surface area contributed by atoms with Crippen LogP contribution in [0, 0.1) is 0 Å². The number of para-hydroxylation sites is 1. The summed E-state index contributed by atoms with van der Waals surface area (Å²) in [6.45, 7) is -0.766. The molecule has 0 aliphatic heterocycles. The zero-order chi connectivity index (χ0) is 12.2. The van der Waals surface area contributed by atoms with Crippen LogP contribution < -0.4 is 10.5 Å². The van der Waals surface area contributed by atoms with Gasteiger partial charge >= 0.3 is 6.18 Å². The summed E-state index contributed by atoms with van der Waals surface area (Å²) >= 11 is 0. The average molecular weight is 237 g/mol. The summed E-state index contributed by atoms with van der Waals surface area (Å²) in [5, 5.41) is 0. The van der Waals surface area contributed by atoms with Gasteiger partial charge in [-0.3, -0.25) is 0 Å². The van der Waals surface area contributed by atoms with Crippen molar-refractivity contribution < 1.29 is 22.3 Å². The summed E-state index contributed by atoms with van der Waals surface area (Å²) in [4.78, 5) is 0. The van der Waals surface area contributed by atoms with Crippen LogP contribution in [-0.2, 0) is 6.18 Å². The largest absolute Gasteiger partial charge is 0.490 e. The van der Waals surface area contributed by atoms with Crippen molar-refractivity contribution in [2.45, 2.75) is 12.3 Å². The summed E-state index contributed by atoms with van der Waals surface area (Å²) in [7, 11) is 0. The van der Waals surface area contributed by atoms with Gasteiger partial charge in [-0.05, 0) is 12.1 Å². The van der Waals surface area contributed by atoms with Crippen molar-refractivity contribution >= 4 is 0 Å². The number of hydrogen-bond acceptors (Lipinski definition) is 2. The van der Waals surface area contributed by atoms with Crippen molar-refractivity contribution in [2.75, 3.05) is 13.2 Å². The molecule has 0 spiro atoms. The van der Waals surface area contributed by atoms with Crippen LogP contribution in [0.25, 0.3) is 0 Å². The molecule has 1 atom stereocenters. The normalized spacial score (nSPS) is 13.6. The molecule has 1 aromatic rings. The molecule has 0 saturated heterocycles. The Morgan fingerprint density at radius 3 is 2.44 bits per heavy atom. The zero-order valence-corrected chi connectivity index (χ0v) is 8.30. The molecular formula is C10H11F4NO. The van der Waals surface area contributed by atoms with Crippen LogP contribution in [0.3, 0.4) is 0 Å². The molecule has 2 nitrogen and oxygen atoms in total. The van der Waals surface area contributed by atoms with E-state index in [2.05, 4.69) is 0 Å². The summed E-state index contributed by atoms with van der Waals surface area (Å²) < 4.78 is 54.8. The van der Waals surface area contributed by atoms with Gasteiger partial charge in [0, 0.05) is 6.54 Å². The molecule has 0 aromatic heterocycles. The third kappa shape index (κ3) is 3.37. The van der Waals surface area contributed by atoms with Crippen LogP contribution in [0.15, 0.2) is 24.3 Å². The van der Waals surface area contributed by atoms with E-state index in [1.165, 1.54) is 12.1 Å². The first-order valence-electron chi connectivity index (χ1n) is 4.58. The number of halogens is 4. The number of hydrogen-bond donors (Lipinski definition) is 1. The lowest BCUT2D eigenvalue weighted by Gasteiger charge is -2.14. The first-order chi connectivity index (χ1) is 7.45. The first-order valence-corrected chi connectivity index (χ1v) is 4.58. The van der Waals surface area contributed by atoms with Gasteiger partial charge in [0.2, 0.25) is 0 Å². The fourth-order valence-electron chi connectivity index (χ4n) is 1.07. The fourth-order valence-corrected chi connectivity index (χ4v) is 1.07. The van der Waals surface area contributed by atoms with Gasteiger partial charge in [-0.15, -0.1) is 0 Å². The van der Waals surface area contributed by atoms with Crippen molar-refractivity contribution in [3.63, 3.8) is 0 Å². The lowest BCUT2D eigenvalue weighted by atomic mass is 10.2. The molecule has 0 aliphatic carbocycles. The van der Waals surface area contributed by atoms with Crippen molar-refractivity contribution in [3.05, 3.63) is 29.8 Å². The van der Waals surface area contributed by atoms with Crippen LogP contribution in [0.1, 0.15) is 5.56 Å². The van der Waals surface area contributed by atoms with Gasteiger partial charge in [0.05, 0.1) is 5.56 Å². The highest BCUT2D eigenvalue weighted by atomic mass is 19.4. The fraction of sp³-hybridized carbons (Fsp3) is 0.400. The Balaban J connectivity index is 2.80. The molecule has 1 aromatic carbocycles. The monoisotopic (exact) mass is 237 g/mol. The number of ether oxygens (including phenoxy) is 1. The van der Waals surface area contributed by atoms with Crippen LogP contribution in [0.5, 0.6) is 5.75 Å². The predicted molar refractivity (Wildman–Crippen MR) is 50.9 cm³/mol. The lowest BCUT2D eigenvalue weighted by Crippen LogP contribution is -2.23. The number of alkyl halides is 4. The van der Waals surface area contributed by atoms with Gasteiger partial charge in [0.25, 0.3) is 0 Å². The molecule has 6 heteroatoms. The molecule has 0 fully saturated rings. The van der Waals surface area contributed by atoms with Crippen LogP contribution in [-0.4, -0.2) is 19.3 Å². The third-order valence-electron chi connectivity index (χ3n) is 1.87. The molecule has 0 heterocycles. The van der Waals surface area contributed by atoms with Crippen molar-refractivity contribution in [2.24, 2.45) is 5.73 Å². The maximum atomic E-state index is 12.7. The van der Waals surface area contributed by atoms with Gasteiger partial charge in [-0.1, -0.05) is 12.1 Å². The van der Waals surface area contributed by atoms with Gasteiger partial charge in [0.1, 0.15) is 18.5 Å². The molecule has 1 unspecified atom stereocenters. The molecule has 0 amide bonds. The van der Waals surface area contributed by atoms with E-state index in [4.69, 9.17) is 10.5 Å². The minimum atomic E-state index is -4.51. The van der Waals surface area contributed by atoms with Gasteiger partial charge < -0.3 is 10.5 Å². The lowest BCUT2D eigenvalue weighted by molar-refractivity contribution is -0.139. The summed E-state index contributed by atoms with van der Waals surface area (Å²) in [6, 6.07) is 4.66. The Bertz CT molecular complexity index is 340. The van der Waals surface area contributed by atoms with Gasteiger partial charge in [-0.25, -0.2) is 4.39 Å². The average Bonchev–Trinajstić information content (AvgIpc) is 2.25. The van der Waals surface area contributed by atoms with Crippen molar-refractivity contribution in [1.29, 1.82) is 0 Å². The third-order valence-corrected chi connectivity index (χ3v) is 1.87. The maximum Gasteiger partial charge on any atom is 0.419 e. The highest BCUT2D eigenvalue weighted by Gasteiger charge is 2.34. The topological polar surface area (TPSA) is 35.2 Å². The zero-order valence-electron chi connectivity index (χ0n) is 8.30. The van der Waals surface area contributed by atoms with Gasteiger partial charge in [0.15, 0.2) is 0 Å². The van der Waals surface area contributed by atoms with E-state index in [0.717, 1.165) is 12.1 Å². The maximum absolute atomic E-state index is 12.7. The molecule has 16 heavy (non-hydrogen) atoms. The molecule has 1 rings (SSSR count). The second kappa shape index (κ2) is 5.16. The second-order valence-corrected chi connectivity index (χ2v) is 3.14. The number of nitrogens with two attached hydrogens (primary N) is 1.